The van der Waals surface area contributed by atoms with E-state index in [0.717, 1.165) is 23.4 Å². The van der Waals surface area contributed by atoms with Gasteiger partial charge >= 0.3 is 0 Å². The summed E-state index contributed by atoms with van der Waals surface area (Å²) < 4.78 is 1.85. The number of nitrogens with zero attached hydrogens (tertiary/aromatic N) is 3. The normalized spacial score (nSPS) is 14.3. The minimum Gasteiger partial charge on any atom is -0.332 e. The predicted molar refractivity (Wildman–Crippen MR) is 73.1 cm³/mol. The Bertz CT molecular complexity index is 621. The molecule has 0 spiro atoms. The van der Waals surface area contributed by atoms with Crippen LogP contribution in [0.25, 0.3) is 0 Å². The Labute approximate surface area is 116 Å². The smallest absolute Gasteiger partial charge is 0.254 e. The minimum atomic E-state index is 0.0589. The highest BCUT2D eigenvalue weighted by molar-refractivity contribution is 6.28. The van der Waals surface area contributed by atoms with Crippen LogP contribution in [-0.4, -0.2) is 26.9 Å². The lowest BCUT2D eigenvalue weighted by atomic mass is 10.1. The first-order valence-corrected chi connectivity index (χ1v) is 6.59. The van der Waals surface area contributed by atoms with Crippen LogP contribution in [-0.2, 0) is 20.0 Å². The van der Waals surface area contributed by atoms with Crippen LogP contribution in [0.3, 0.4) is 0 Å². The molecule has 98 valence electrons. The molecule has 0 bridgehead atoms. The van der Waals surface area contributed by atoms with E-state index in [0.29, 0.717) is 18.4 Å². The van der Waals surface area contributed by atoms with E-state index in [1.807, 2.05) is 46.8 Å². The number of rotatable bonds is 1. The number of amides is 1. The molecule has 19 heavy (non-hydrogen) atoms. The third-order valence-corrected chi connectivity index (χ3v) is 3.85. The van der Waals surface area contributed by atoms with Gasteiger partial charge in [-0.2, -0.15) is 0 Å². The van der Waals surface area contributed by atoms with Crippen molar-refractivity contribution in [3.05, 3.63) is 52.6 Å². The van der Waals surface area contributed by atoms with E-state index in [1.165, 1.54) is 0 Å². The summed E-state index contributed by atoms with van der Waals surface area (Å²) in [5.41, 5.74) is 2.75. The van der Waals surface area contributed by atoms with Crippen molar-refractivity contribution < 1.29 is 4.79 Å². The Hall–Kier alpha value is -1.81. The second-order valence-electron chi connectivity index (χ2n) is 4.68. The molecule has 5 heteroatoms. The van der Waals surface area contributed by atoms with Gasteiger partial charge in [-0.1, -0.05) is 18.2 Å². The molecule has 0 unspecified atom stereocenters. The lowest BCUT2D eigenvalue weighted by Gasteiger charge is -2.27. The zero-order valence-corrected chi connectivity index (χ0v) is 11.4. The lowest BCUT2D eigenvalue weighted by Crippen LogP contribution is -2.36. The quantitative estimate of drug-likeness (QED) is 0.801. The molecule has 2 heterocycles. The molecular weight excluding hydrogens is 262 g/mol. The Balaban J connectivity index is 1.86. The van der Waals surface area contributed by atoms with E-state index in [4.69, 9.17) is 11.6 Å². The zero-order chi connectivity index (χ0) is 13.4. The fraction of sp³-hybridized carbons (Fsp3) is 0.286. The van der Waals surface area contributed by atoms with Crippen LogP contribution in [0.4, 0.5) is 0 Å². The number of benzene rings is 1. The summed E-state index contributed by atoms with van der Waals surface area (Å²) in [5.74, 6) is 0.0589. The zero-order valence-electron chi connectivity index (χ0n) is 10.6. The molecule has 4 nitrogen and oxygen atoms in total. The Morgan fingerprint density at radius 2 is 2.05 bits per heavy atom. The molecule has 1 aromatic heterocycles. The van der Waals surface area contributed by atoms with Crippen molar-refractivity contribution >= 4 is 17.5 Å². The maximum atomic E-state index is 12.4. The summed E-state index contributed by atoms with van der Waals surface area (Å²) in [5, 5.41) is 0.485. The summed E-state index contributed by atoms with van der Waals surface area (Å²) in [6.07, 6.45) is 0.758. The average Bonchev–Trinajstić information content (AvgIpc) is 2.74. The number of carbonyl (C=O) groups is 1. The molecule has 0 atom stereocenters. The molecule has 0 aliphatic carbocycles. The topological polar surface area (TPSA) is 38.1 Å². The molecule has 0 N–H and O–H groups in total. The third kappa shape index (κ3) is 2.12. The number of imidazole rings is 1. The lowest BCUT2D eigenvalue weighted by molar-refractivity contribution is 0.0730. The predicted octanol–water partition coefficient (Wildman–Crippen LogP) is 2.27. The first-order valence-electron chi connectivity index (χ1n) is 6.21. The van der Waals surface area contributed by atoms with Crippen molar-refractivity contribution in [2.45, 2.75) is 13.0 Å². The molecule has 1 aliphatic heterocycles. The SMILES string of the molecule is Cn1c(Cl)nc2c1CN(C(=O)c1ccccc1)CC2. The van der Waals surface area contributed by atoms with Crippen molar-refractivity contribution in [1.82, 2.24) is 14.5 Å². The van der Waals surface area contributed by atoms with Crippen molar-refractivity contribution in [2.75, 3.05) is 6.54 Å². The molecule has 1 amide bonds. The standard InChI is InChI=1S/C14H14ClN3O/c1-17-12-9-18(8-7-11(12)16-14(17)15)13(19)10-5-3-2-4-6-10/h2-6H,7-9H2,1H3. The summed E-state index contributed by atoms with van der Waals surface area (Å²) in [7, 11) is 1.88. The van der Waals surface area contributed by atoms with Gasteiger partial charge in [0.15, 0.2) is 0 Å². The number of aromatic nitrogens is 2. The maximum Gasteiger partial charge on any atom is 0.254 e. The van der Waals surface area contributed by atoms with E-state index in [-0.39, 0.29) is 5.91 Å². The Kier molecular flexibility index (Phi) is 3.03. The van der Waals surface area contributed by atoms with Crippen LogP contribution < -0.4 is 0 Å². The molecule has 2 aromatic rings. The van der Waals surface area contributed by atoms with Crippen molar-refractivity contribution in [1.29, 1.82) is 0 Å². The van der Waals surface area contributed by atoms with Crippen LogP contribution in [0.15, 0.2) is 30.3 Å². The summed E-state index contributed by atoms with van der Waals surface area (Å²) in [6.45, 7) is 1.26. The van der Waals surface area contributed by atoms with E-state index in [1.54, 1.807) is 0 Å². The first-order chi connectivity index (χ1) is 9.16. The molecule has 0 saturated carbocycles. The highest BCUT2D eigenvalue weighted by atomic mass is 35.5. The second-order valence-corrected chi connectivity index (χ2v) is 5.01. The average molecular weight is 276 g/mol. The van der Waals surface area contributed by atoms with Crippen molar-refractivity contribution in [3.8, 4) is 0 Å². The third-order valence-electron chi connectivity index (χ3n) is 3.51. The van der Waals surface area contributed by atoms with E-state index in [2.05, 4.69) is 4.98 Å². The molecule has 0 fully saturated rings. The van der Waals surface area contributed by atoms with Gasteiger partial charge in [0.25, 0.3) is 5.91 Å². The summed E-state index contributed by atoms with van der Waals surface area (Å²) in [4.78, 5) is 18.5. The van der Waals surface area contributed by atoms with E-state index >= 15 is 0 Å². The Morgan fingerprint density at radius 3 is 2.79 bits per heavy atom. The van der Waals surface area contributed by atoms with Gasteiger partial charge in [0.05, 0.1) is 17.9 Å². The van der Waals surface area contributed by atoms with E-state index < -0.39 is 0 Å². The largest absolute Gasteiger partial charge is 0.332 e. The summed E-state index contributed by atoms with van der Waals surface area (Å²) >= 11 is 6.01. The fourth-order valence-corrected chi connectivity index (χ4v) is 2.59. The highest BCUT2D eigenvalue weighted by Crippen LogP contribution is 2.22. The fourth-order valence-electron chi connectivity index (χ4n) is 2.39. The molecule has 0 saturated heterocycles. The van der Waals surface area contributed by atoms with Gasteiger partial charge in [-0.05, 0) is 23.7 Å². The first kappa shape index (κ1) is 12.2. The number of hydrogen-bond donors (Lipinski definition) is 0. The van der Waals surface area contributed by atoms with Gasteiger partial charge in [0.1, 0.15) is 0 Å². The molecular formula is C14H14ClN3O. The van der Waals surface area contributed by atoms with Gasteiger partial charge in [0.2, 0.25) is 5.28 Å². The Morgan fingerprint density at radius 1 is 1.32 bits per heavy atom. The highest BCUT2D eigenvalue weighted by Gasteiger charge is 2.25. The van der Waals surface area contributed by atoms with Crippen LogP contribution in [0.1, 0.15) is 21.7 Å². The second kappa shape index (κ2) is 4.70. The van der Waals surface area contributed by atoms with Gasteiger partial charge in [-0.3, -0.25) is 4.79 Å². The number of halogens is 1. The number of fused-ring (bicyclic) bond motifs is 1. The van der Waals surface area contributed by atoms with Gasteiger partial charge in [-0.25, -0.2) is 4.98 Å². The molecule has 1 aliphatic rings. The van der Waals surface area contributed by atoms with Crippen molar-refractivity contribution in [2.24, 2.45) is 7.05 Å². The molecule has 0 radical (unpaired) electrons. The van der Waals surface area contributed by atoms with Crippen LogP contribution >= 0.6 is 11.6 Å². The van der Waals surface area contributed by atoms with Crippen LogP contribution in [0.2, 0.25) is 5.28 Å². The monoisotopic (exact) mass is 275 g/mol. The van der Waals surface area contributed by atoms with Crippen LogP contribution in [0.5, 0.6) is 0 Å². The number of hydrogen-bond acceptors (Lipinski definition) is 2. The molecule has 1 aromatic carbocycles. The number of carbonyl (C=O) groups excluding carboxylic acids is 1. The van der Waals surface area contributed by atoms with Gasteiger partial charge in [-0.15, -0.1) is 0 Å². The van der Waals surface area contributed by atoms with E-state index in [9.17, 15) is 4.79 Å². The maximum absolute atomic E-state index is 12.4. The van der Waals surface area contributed by atoms with Gasteiger partial charge < -0.3 is 9.47 Å². The molecule has 3 rings (SSSR count). The van der Waals surface area contributed by atoms with Gasteiger partial charge in [0, 0.05) is 25.6 Å². The summed E-state index contributed by atoms with van der Waals surface area (Å²) in [6, 6.07) is 9.35. The van der Waals surface area contributed by atoms with Crippen LogP contribution in [0, 0.1) is 0 Å². The minimum absolute atomic E-state index is 0.0589. The van der Waals surface area contributed by atoms with Crippen molar-refractivity contribution in [3.63, 3.8) is 0 Å².